The summed E-state index contributed by atoms with van der Waals surface area (Å²) in [6, 6.07) is 7.24. The van der Waals surface area contributed by atoms with E-state index in [2.05, 4.69) is 31.7 Å². The molecule has 0 amide bonds. The van der Waals surface area contributed by atoms with Crippen LogP contribution in [-0.2, 0) is 13.0 Å². The van der Waals surface area contributed by atoms with E-state index in [0.29, 0.717) is 0 Å². The van der Waals surface area contributed by atoms with Crippen LogP contribution in [0.1, 0.15) is 27.9 Å². The van der Waals surface area contributed by atoms with E-state index in [9.17, 15) is 4.39 Å². The lowest BCUT2D eigenvalue weighted by Crippen LogP contribution is -2.31. The van der Waals surface area contributed by atoms with Crippen LogP contribution in [0.15, 0.2) is 24.3 Å². The van der Waals surface area contributed by atoms with Gasteiger partial charge in [0, 0.05) is 18.8 Å². The number of aryl methyl sites for hydroxylation is 2. The molecule has 2 nitrogen and oxygen atoms in total. The van der Waals surface area contributed by atoms with Gasteiger partial charge in [-0.2, -0.15) is 0 Å². The van der Waals surface area contributed by atoms with Gasteiger partial charge in [-0.15, -0.1) is 0 Å². The SMILES string of the molecule is Cc1cc(N2CCc3cc(F)ccc3C2)nc(C)c1C. The first-order valence-electron chi connectivity index (χ1n) is 7.01. The van der Waals surface area contributed by atoms with E-state index in [1.54, 1.807) is 12.1 Å². The molecule has 2 heterocycles. The number of rotatable bonds is 1. The fraction of sp³-hybridized carbons (Fsp3) is 0.353. The number of nitrogens with zero attached hydrogens (tertiary/aromatic N) is 2. The van der Waals surface area contributed by atoms with Crippen molar-refractivity contribution in [3.05, 3.63) is 58.0 Å². The molecule has 0 fully saturated rings. The molecule has 1 aliphatic rings. The van der Waals surface area contributed by atoms with E-state index in [1.165, 1.54) is 16.7 Å². The Bertz CT molecular complexity index is 641. The molecule has 0 N–H and O–H groups in total. The Morgan fingerprint density at radius 3 is 2.65 bits per heavy atom. The largest absolute Gasteiger partial charge is 0.352 e. The van der Waals surface area contributed by atoms with Crippen molar-refractivity contribution in [2.45, 2.75) is 33.7 Å². The van der Waals surface area contributed by atoms with Gasteiger partial charge in [0.1, 0.15) is 11.6 Å². The third kappa shape index (κ3) is 2.28. The highest BCUT2D eigenvalue weighted by Crippen LogP contribution is 2.25. The molecular weight excluding hydrogens is 251 g/mol. The summed E-state index contributed by atoms with van der Waals surface area (Å²) in [5.74, 6) is 0.887. The number of aromatic nitrogens is 1. The second kappa shape index (κ2) is 4.89. The molecule has 3 heteroatoms. The van der Waals surface area contributed by atoms with Crippen molar-refractivity contribution in [2.24, 2.45) is 0 Å². The molecule has 3 rings (SSSR count). The number of halogens is 1. The summed E-state index contributed by atoms with van der Waals surface area (Å²) < 4.78 is 13.2. The standard InChI is InChI=1S/C17H19FN2/c1-11-8-17(19-13(3)12(11)2)20-7-6-14-9-16(18)5-4-15(14)10-20/h4-5,8-9H,6-7,10H2,1-3H3. The maximum atomic E-state index is 13.2. The molecule has 1 aliphatic heterocycles. The van der Waals surface area contributed by atoms with Gasteiger partial charge in [0.05, 0.1) is 0 Å². The number of anilines is 1. The highest BCUT2D eigenvalue weighted by molar-refractivity contribution is 5.48. The van der Waals surface area contributed by atoms with E-state index in [1.807, 2.05) is 6.07 Å². The van der Waals surface area contributed by atoms with Gasteiger partial charge >= 0.3 is 0 Å². The van der Waals surface area contributed by atoms with Crippen LogP contribution in [0.2, 0.25) is 0 Å². The van der Waals surface area contributed by atoms with Crippen LogP contribution in [0.4, 0.5) is 10.2 Å². The summed E-state index contributed by atoms with van der Waals surface area (Å²) in [7, 11) is 0. The van der Waals surface area contributed by atoms with Crippen molar-refractivity contribution in [1.82, 2.24) is 4.98 Å². The van der Waals surface area contributed by atoms with Crippen LogP contribution >= 0.6 is 0 Å². The maximum Gasteiger partial charge on any atom is 0.129 e. The van der Waals surface area contributed by atoms with Gasteiger partial charge < -0.3 is 4.90 Å². The molecule has 0 saturated carbocycles. The Morgan fingerprint density at radius 2 is 1.90 bits per heavy atom. The lowest BCUT2D eigenvalue weighted by molar-refractivity contribution is 0.618. The average molecular weight is 270 g/mol. The van der Waals surface area contributed by atoms with Crippen molar-refractivity contribution >= 4 is 5.82 Å². The predicted octanol–water partition coefficient (Wildman–Crippen LogP) is 3.71. The number of benzene rings is 1. The molecule has 0 spiro atoms. The summed E-state index contributed by atoms with van der Waals surface area (Å²) in [5.41, 5.74) is 5.95. The Morgan fingerprint density at radius 1 is 1.10 bits per heavy atom. The van der Waals surface area contributed by atoms with Gasteiger partial charge in [-0.1, -0.05) is 6.07 Å². The third-order valence-corrected chi connectivity index (χ3v) is 4.27. The van der Waals surface area contributed by atoms with E-state index in [0.717, 1.165) is 36.6 Å². The first kappa shape index (κ1) is 13.1. The molecule has 0 radical (unpaired) electrons. The predicted molar refractivity (Wildman–Crippen MR) is 79.6 cm³/mol. The van der Waals surface area contributed by atoms with Gasteiger partial charge in [0.15, 0.2) is 0 Å². The number of pyridine rings is 1. The summed E-state index contributed by atoms with van der Waals surface area (Å²) in [6.45, 7) is 7.99. The maximum absolute atomic E-state index is 13.2. The van der Waals surface area contributed by atoms with Crippen molar-refractivity contribution in [3.8, 4) is 0 Å². The van der Waals surface area contributed by atoms with Crippen molar-refractivity contribution in [1.29, 1.82) is 0 Å². The minimum atomic E-state index is -0.141. The zero-order valence-corrected chi connectivity index (χ0v) is 12.2. The first-order chi connectivity index (χ1) is 9.54. The van der Waals surface area contributed by atoms with Crippen LogP contribution in [0.5, 0.6) is 0 Å². The van der Waals surface area contributed by atoms with Crippen LogP contribution in [-0.4, -0.2) is 11.5 Å². The molecular formula is C17H19FN2. The highest BCUT2D eigenvalue weighted by Gasteiger charge is 2.18. The molecule has 0 aliphatic carbocycles. The fourth-order valence-electron chi connectivity index (χ4n) is 2.75. The average Bonchev–Trinajstić information content (AvgIpc) is 2.43. The second-order valence-electron chi connectivity index (χ2n) is 5.59. The van der Waals surface area contributed by atoms with E-state index < -0.39 is 0 Å². The van der Waals surface area contributed by atoms with E-state index >= 15 is 0 Å². The number of fused-ring (bicyclic) bond motifs is 1. The molecule has 0 saturated heterocycles. The number of hydrogen-bond acceptors (Lipinski definition) is 2. The minimum Gasteiger partial charge on any atom is -0.352 e. The monoisotopic (exact) mass is 270 g/mol. The Labute approximate surface area is 119 Å². The third-order valence-electron chi connectivity index (χ3n) is 4.27. The molecule has 0 unspecified atom stereocenters. The highest BCUT2D eigenvalue weighted by atomic mass is 19.1. The Kier molecular flexibility index (Phi) is 3.20. The Hall–Kier alpha value is -1.90. The van der Waals surface area contributed by atoms with Crippen molar-refractivity contribution in [2.75, 3.05) is 11.4 Å². The van der Waals surface area contributed by atoms with Crippen LogP contribution in [0.25, 0.3) is 0 Å². The molecule has 0 bridgehead atoms. The van der Waals surface area contributed by atoms with Crippen molar-refractivity contribution < 1.29 is 4.39 Å². The van der Waals surface area contributed by atoms with Gasteiger partial charge in [-0.05, 0) is 67.6 Å². The minimum absolute atomic E-state index is 0.141. The van der Waals surface area contributed by atoms with Gasteiger partial charge in [0.25, 0.3) is 0 Å². The van der Waals surface area contributed by atoms with E-state index in [-0.39, 0.29) is 5.82 Å². The lowest BCUT2D eigenvalue weighted by atomic mass is 9.99. The van der Waals surface area contributed by atoms with Crippen LogP contribution in [0.3, 0.4) is 0 Å². The second-order valence-corrected chi connectivity index (χ2v) is 5.59. The summed E-state index contributed by atoms with van der Waals surface area (Å²) in [4.78, 5) is 6.98. The zero-order chi connectivity index (χ0) is 14.3. The van der Waals surface area contributed by atoms with Crippen molar-refractivity contribution in [3.63, 3.8) is 0 Å². The first-order valence-corrected chi connectivity index (χ1v) is 7.01. The number of hydrogen-bond donors (Lipinski definition) is 0. The van der Waals surface area contributed by atoms with Gasteiger partial charge in [-0.3, -0.25) is 0 Å². The fourth-order valence-corrected chi connectivity index (χ4v) is 2.75. The van der Waals surface area contributed by atoms with Crippen LogP contribution < -0.4 is 4.90 Å². The smallest absolute Gasteiger partial charge is 0.129 e. The molecule has 20 heavy (non-hydrogen) atoms. The quantitative estimate of drug-likeness (QED) is 0.785. The summed E-state index contributed by atoms with van der Waals surface area (Å²) in [6.07, 6.45) is 0.876. The molecule has 1 aromatic carbocycles. The topological polar surface area (TPSA) is 16.1 Å². The van der Waals surface area contributed by atoms with Crippen LogP contribution in [0, 0.1) is 26.6 Å². The molecule has 0 atom stereocenters. The summed E-state index contributed by atoms with van der Waals surface area (Å²) in [5, 5.41) is 0. The molecule has 104 valence electrons. The normalized spacial score (nSPS) is 14.3. The van der Waals surface area contributed by atoms with Gasteiger partial charge in [-0.25, -0.2) is 9.37 Å². The summed E-state index contributed by atoms with van der Waals surface area (Å²) >= 11 is 0. The Balaban J connectivity index is 1.92. The molecule has 2 aromatic rings. The zero-order valence-electron chi connectivity index (χ0n) is 12.2. The van der Waals surface area contributed by atoms with E-state index in [4.69, 9.17) is 4.98 Å². The lowest BCUT2D eigenvalue weighted by Gasteiger charge is -2.30. The van der Waals surface area contributed by atoms with Gasteiger partial charge in [0.2, 0.25) is 0 Å². The molecule has 1 aromatic heterocycles.